The average molecular weight is 673 g/mol. The molecular weight excluding hydrogens is 629 g/mol. The second kappa shape index (κ2) is 15.0. The predicted octanol–water partition coefficient (Wildman–Crippen LogP) is 8.56. The number of aryl methyl sites for hydroxylation is 1. The van der Waals surface area contributed by atoms with Gasteiger partial charge in [-0.05, 0) is 118 Å². The molecule has 4 rings (SSSR count). The Balaban J connectivity index is 1.52. The molecule has 1 saturated carbocycles. The van der Waals surface area contributed by atoms with E-state index in [9.17, 15) is 40.3 Å². The quantitative estimate of drug-likeness (QED) is 0.198. The standard InChI is InChI=1S/C35H43F7N2O3/c1-5-47-32(45)15-23-6-8-24(9-7-23)19-44-13-12-30(31(20-44)29-11-10-28(36)14-21(29)2)33(46)43(4)22(3)25-16-26(34(37,38)39)18-27(17-25)35(40,41)42/h10-11,14,16-18,22-24,30-31H,5-9,12-13,15,19-20H2,1-4H3/t22?,23-,24-,30-,31+/m0/s1. The van der Waals surface area contributed by atoms with Crippen molar-refractivity contribution in [3.05, 3.63) is 70.0 Å². The SMILES string of the molecule is CCOC(=O)C[C@H]1CC[C@H](CN2CC[C@H](C(=O)N(C)C(C)c3cc(C(F)(F)F)cc(C(F)(F)F)c3)[C@@H](c3ccc(F)cc3C)C2)CC1. The van der Waals surface area contributed by atoms with E-state index in [2.05, 4.69) is 4.90 Å². The van der Waals surface area contributed by atoms with Crippen LogP contribution < -0.4 is 0 Å². The molecule has 2 aliphatic rings. The van der Waals surface area contributed by atoms with Gasteiger partial charge in [-0.15, -0.1) is 0 Å². The first kappa shape index (κ1) is 36.7. The molecular formula is C35H43F7N2O3. The van der Waals surface area contributed by atoms with Crippen molar-refractivity contribution in [3.63, 3.8) is 0 Å². The van der Waals surface area contributed by atoms with Crippen LogP contribution in [0.1, 0.15) is 92.1 Å². The molecule has 0 bridgehead atoms. The van der Waals surface area contributed by atoms with Crippen molar-refractivity contribution in [3.8, 4) is 0 Å². The van der Waals surface area contributed by atoms with Crippen molar-refractivity contribution in [1.29, 1.82) is 0 Å². The second-order valence-corrected chi connectivity index (χ2v) is 13.1. The number of amides is 1. The van der Waals surface area contributed by atoms with Crippen LogP contribution in [0, 0.1) is 30.5 Å². The lowest BCUT2D eigenvalue weighted by Crippen LogP contribution is -2.47. The third-order valence-electron chi connectivity index (χ3n) is 9.91. The summed E-state index contributed by atoms with van der Waals surface area (Å²) >= 11 is 0. The van der Waals surface area contributed by atoms with Crippen LogP contribution in [0.2, 0.25) is 0 Å². The number of carbonyl (C=O) groups excluding carboxylic acids is 2. The van der Waals surface area contributed by atoms with E-state index >= 15 is 0 Å². The second-order valence-electron chi connectivity index (χ2n) is 13.1. The highest BCUT2D eigenvalue weighted by atomic mass is 19.4. The van der Waals surface area contributed by atoms with Gasteiger partial charge < -0.3 is 14.5 Å². The summed E-state index contributed by atoms with van der Waals surface area (Å²) in [7, 11) is 1.40. The Kier molecular flexibility index (Phi) is 11.7. The maximum atomic E-state index is 14.1. The van der Waals surface area contributed by atoms with Gasteiger partial charge in [0, 0.05) is 38.4 Å². The minimum Gasteiger partial charge on any atom is -0.466 e. The third kappa shape index (κ3) is 9.27. The number of rotatable bonds is 9. The summed E-state index contributed by atoms with van der Waals surface area (Å²) in [5.41, 5.74) is -1.69. The summed E-state index contributed by atoms with van der Waals surface area (Å²) in [6.45, 7) is 7.20. The van der Waals surface area contributed by atoms with Crippen LogP contribution in [0.5, 0.6) is 0 Å². The molecule has 2 fully saturated rings. The molecule has 0 aromatic heterocycles. The zero-order valence-electron chi connectivity index (χ0n) is 27.2. The Morgan fingerprint density at radius 1 is 0.936 bits per heavy atom. The summed E-state index contributed by atoms with van der Waals surface area (Å²) in [5.74, 6) is -1.26. The third-order valence-corrected chi connectivity index (χ3v) is 9.91. The normalized spacial score (nSPS) is 23.3. The molecule has 260 valence electrons. The topological polar surface area (TPSA) is 49.9 Å². The highest BCUT2D eigenvalue weighted by Gasteiger charge is 2.41. The number of alkyl halides is 6. The van der Waals surface area contributed by atoms with E-state index in [1.807, 2.05) is 0 Å². The maximum Gasteiger partial charge on any atom is 0.416 e. The van der Waals surface area contributed by atoms with Gasteiger partial charge in [0.1, 0.15) is 5.82 Å². The lowest BCUT2D eigenvalue weighted by Gasteiger charge is -2.42. The largest absolute Gasteiger partial charge is 0.466 e. The van der Waals surface area contributed by atoms with Gasteiger partial charge in [-0.3, -0.25) is 9.59 Å². The van der Waals surface area contributed by atoms with E-state index in [1.54, 1.807) is 19.9 Å². The Bertz CT molecular complexity index is 1370. The van der Waals surface area contributed by atoms with Crippen molar-refractivity contribution < 1.29 is 45.1 Å². The van der Waals surface area contributed by atoms with Crippen LogP contribution >= 0.6 is 0 Å². The van der Waals surface area contributed by atoms with E-state index in [0.717, 1.165) is 37.8 Å². The van der Waals surface area contributed by atoms with Crippen molar-refractivity contribution in [2.75, 3.05) is 33.3 Å². The van der Waals surface area contributed by atoms with E-state index in [-0.39, 0.29) is 23.5 Å². The highest BCUT2D eigenvalue weighted by molar-refractivity contribution is 5.80. The smallest absolute Gasteiger partial charge is 0.416 e. The lowest BCUT2D eigenvalue weighted by atomic mass is 9.76. The zero-order chi connectivity index (χ0) is 34.7. The number of hydrogen-bond acceptors (Lipinski definition) is 4. The van der Waals surface area contributed by atoms with Crippen LogP contribution in [0.15, 0.2) is 36.4 Å². The number of hydrogen-bond donors (Lipinski definition) is 0. The fourth-order valence-electron chi connectivity index (χ4n) is 7.19. The molecule has 47 heavy (non-hydrogen) atoms. The van der Waals surface area contributed by atoms with Crippen molar-refractivity contribution in [2.45, 2.75) is 83.6 Å². The fraction of sp³-hybridized carbons (Fsp3) is 0.600. The van der Waals surface area contributed by atoms with Crippen molar-refractivity contribution in [2.24, 2.45) is 17.8 Å². The van der Waals surface area contributed by atoms with Gasteiger partial charge in [-0.25, -0.2) is 4.39 Å². The Hall–Kier alpha value is -3.15. The first-order valence-corrected chi connectivity index (χ1v) is 16.2. The minimum absolute atomic E-state index is 0.0774. The summed E-state index contributed by atoms with van der Waals surface area (Å²) in [4.78, 5) is 29.5. The van der Waals surface area contributed by atoms with Gasteiger partial charge in [0.15, 0.2) is 0 Å². The van der Waals surface area contributed by atoms with E-state index in [0.29, 0.717) is 62.1 Å². The van der Waals surface area contributed by atoms with Crippen LogP contribution in [0.3, 0.4) is 0 Å². The average Bonchev–Trinajstić information content (AvgIpc) is 3.00. The number of halogens is 7. The van der Waals surface area contributed by atoms with Gasteiger partial charge in [-0.1, -0.05) is 6.07 Å². The molecule has 12 heteroatoms. The molecule has 3 atom stereocenters. The molecule has 1 aliphatic heterocycles. The summed E-state index contributed by atoms with van der Waals surface area (Å²) < 4.78 is 101. The van der Waals surface area contributed by atoms with Gasteiger partial charge in [0.25, 0.3) is 0 Å². The number of carbonyl (C=O) groups is 2. The number of piperidine rings is 1. The molecule has 2 aromatic carbocycles. The Morgan fingerprint density at radius 2 is 1.53 bits per heavy atom. The molecule has 0 spiro atoms. The van der Waals surface area contributed by atoms with Crippen molar-refractivity contribution in [1.82, 2.24) is 9.80 Å². The number of ether oxygens (including phenoxy) is 1. The number of nitrogens with zero attached hydrogens (tertiary/aromatic N) is 2. The molecule has 1 unspecified atom stereocenters. The van der Waals surface area contributed by atoms with Gasteiger partial charge in [0.05, 0.1) is 23.8 Å². The van der Waals surface area contributed by atoms with Gasteiger partial charge in [-0.2, -0.15) is 26.3 Å². The zero-order valence-corrected chi connectivity index (χ0v) is 27.2. The van der Waals surface area contributed by atoms with E-state index in [4.69, 9.17) is 4.74 Å². The Morgan fingerprint density at radius 3 is 2.09 bits per heavy atom. The van der Waals surface area contributed by atoms with Gasteiger partial charge >= 0.3 is 18.3 Å². The molecule has 2 aromatic rings. The molecule has 1 aliphatic carbocycles. The van der Waals surface area contributed by atoms with Crippen LogP contribution in [0.4, 0.5) is 30.7 Å². The number of likely N-dealkylation sites (tertiary alicyclic amines) is 1. The van der Waals surface area contributed by atoms with Crippen LogP contribution in [-0.2, 0) is 26.7 Å². The molecule has 1 amide bonds. The molecule has 1 saturated heterocycles. The fourth-order valence-corrected chi connectivity index (χ4v) is 7.19. The molecule has 0 radical (unpaired) electrons. The van der Waals surface area contributed by atoms with E-state index < -0.39 is 47.2 Å². The number of benzene rings is 2. The monoisotopic (exact) mass is 672 g/mol. The predicted molar refractivity (Wildman–Crippen MR) is 163 cm³/mol. The molecule has 5 nitrogen and oxygen atoms in total. The van der Waals surface area contributed by atoms with Gasteiger partial charge in [0.2, 0.25) is 5.91 Å². The van der Waals surface area contributed by atoms with Crippen LogP contribution in [-0.4, -0.2) is 55.0 Å². The molecule has 1 heterocycles. The summed E-state index contributed by atoms with van der Waals surface area (Å²) in [6.07, 6.45) is -5.40. The summed E-state index contributed by atoms with van der Waals surface area (Å²) in [5, 5.41) is 0. The highest BCUT2D eigenvalue weighted by Crippen LogP contribution is 2.41. The van der Waals surface area contributed by atoms with Crippen LogP contribution in [0.25, 0.3) is 0 Å². The first-order valence-electron chi connectivity index (χ1n) is 16.2. The van der Waals surface area contributed by atoms with Crippen molar-refractivity contribution >= 4 is 11.9 Å². The van der Waals surface area contributed by atoms with E-state index in [1.165, 1.54) is 31.0 Å². The maximum absolute atomic E-state index is 14.1. The Labute approximate surface area is 271 Å². The minimum atomic E-state index is -5.00. The summed E-state index contributed by atoms with van der Waals surface area (Å²) in [6, 6.07) is 4.71. The molecule has 0 N–H and O–H groups in total. The number of esters is 1. The lowest BCUT2D eigenvalue weighted by molar-refractivity contribution is -0.145. The first-order chi connectivity index (χ1) is 22.0.